The summed E-state index contributed by atoms with van der Waals surface area (Å²) in [5.41, 5.74) is -0.699. The fraction of sp³-hybridized carbons (Fsp3) is 0.923. The maximum Gasteiger partial charge on any atom is 0.325 e. The lowest BCUT2D eigenvalue weighted by Crippen LogP contribution is -2.52. The molecule has 1 rings (SSSR count). The van der Waals surface area contributed by atoms with E-state index in [-0.39, 0.29) is 11.7 Å². The summed E-state index contributed by atoms with van der Waals surface area (Å²) in [6, 6.07) is 0.403. The van der Waals surface area contributed by atoms with Crippen molar-refractivity contribution >= 4 is 15.8 Å². The molecular formula is C13H26N2O4S. The average Bonchev–Trinajstić information content (AvgIpc) is 3.15. The van der Waals surface area contributed by atoms with E-state index in [1.54, 1.807) is 0 Å². The lowest BCUT2D eigenvalue weighted by molar-refractivity contribution is -0.148. The number of hydrogen-bond acceptors (Lipinski definition) is 6. The van der Waals surface area contributed by atoms with Gasteiger partial charge in [-0.05, 0) is 33.2 Å². The molecule has 1 fully saturated rings. The van der Waals surface area contributed by atoms with Gasteiger partial charge in [0, 0.05) is 25.4 Å². The first-order valence-electron chi connectivity index (χ1n) is 6.89. The normalized spacial score (nSPS) is 18.9. The van der Waals surface area contributed by atoms with Gasteiger partial charge in [-0.15, -0.1) is 0 Å². The average molecular weight is 306 g/mol. The summed E-state index contributed by atoms with van der Waals surface area (Å²) in [6.45, 7) is 2.96. The summed E-state index contributed by atoms with van der Waals surface area (Å²) in [4.78, 5) is 13.9. The van der Waals surface area contributed by atoms with Crippen LogP contribution in [0.3, 0.4) is 0 Å². The number of nitrogens with one attached hydrogen (secondary N) is 1. The van der Waals surface area contributed by atoms with Crippen LogP contribution in [0.1, 0.15) is 26.2 Å². The largest absolute Gasteiger partial charge is 0.468 e. The SMILES string of the molecule is COC(=O)C(C)(CCN(C)CCS(C)(=O)=O)NC1CC1. The minimum atomic E-state index is -2.95. The van der Waals surface area contributed by atoms with Crippen LogP contribution in [-0.4, -0.2) is 70.1 Å². The Kier molecular flexibility index (Phi) is 5.97. The molecule has 0 heterocycles. The van der Waals surface area contributed by atoms with E-state index >= 15 is 0 Å². The maximum atomic E-state index is 11.9. The summed E-state index contributed by atoms with van der Waals surface area (Å²) in [5.74, 6) is -0.130. The van der Waals surface area contributed by atoms with Crippen molar-refractivity contribution in [2.24, 2.45) is 0 Å². The fourth-order valence-electron chi connectivity index (χ4n) is 1.98. The predicted octanol–water partition coefficient (Wildman–Crippen LogP) is 0.0366. The van der Waals surface area contributed by atoms with Crippen molar-refractivity contribution in [3.05, 3.63) is 0 Å². The Balaban J connectivity index is 2.46. The van der Waals surface area contributed by atoms with Crippen LogP contribution in [0.5, 0.6) is 0 Å². The standard InChI is InChI=1S/C13H26N2O4S/c1-13(12(16)19-3,14-11-5-6-11)7-8-15(2)9-10-20(4,17)18/h11,14H,5-10H2,1-4H3. The molecule has 0 bridgehead atoms. The molecule has 0 aliphatic heterocycles. The minimum absolute atomic E-state index is 0.133. The summed E-state index contributed by atoms with van der Waals surface area (Å²) >= 11 is 0. The Hall–Kier alpha value is -0.660. The minimum Gasteiger partial charge on any atom is -0.468 e. The van der Waals surface area contributed by atoms with Gasteiger partial charge in [-0.1, -0.05) is 0 Å². The Morgan fingerprint density at radius 3 is 2.45 bits per heavy atom. The van der Waals surface area contributed by atoms with Crippen LogP contribution < -0.4 is 5.32 Å². The van der Waals surface area contributed by atoms with Crippen LogP contribution in [0.15, 0.2) is 0 Å². The highest BCUT2D eigenvalue weighted by molar-refractivity contribution is 7.90. The first kappa shape index (κ1) is 17.4. The second kappa shape index (κ2) is 6.87. The molecule has 0 radical (unpaired) electrons. The van der Waals surface area contributed by atoms with Gasteiger partial charge >= 0.3 is 5.97 Å². The van der Waals surface area contributed by atoms with Gasteiger partial charge in [-0.25, -0.2) is 8.42 Å². The topological polar surface area (TPSA) is 75.7 Å². The summed E-state index contributed by atoms with van der Waals surface area (Å²) < 4.78 is 27.1. The number of sulfone groups is 1. The van der Waals surface area contributed by atoms with Crippen molar-refractivity contribution in [1.82, 2.24) is 10.2 Å². The second-order valence-corrected chi connectivity index (χ2v) is 8.19. The van der Waals surface area contributed by atoms with Crippen molar-refractivity contribution in [3.8, 4) is 0 Å². The van der Waals surface area contributed by atoms with E-state index in [2.05, 4.69) is 5.32 Å². The molecule has 1 atom stereocenters. The highest BCUT2D eigenvalue weighted by Crippen LogP contribution is 2.25. The van der Waals surface area contributed by atoms with Gasteiger partial charge in [0.25, 0.3) is 0 Å². The molecule has 6 nitrogen and oxygen atoms in total. The number of hydrogen-bond donors (Lipinski definition) is 1. The second-order valence-electron chi connectivity index (χ2n) is 5.93. The van der Waals surface area contributed by atoms with E-state index in [4.69, 9.17) is 4.74 Å². The molecule has 1 saturated carbocycles. The third-order valence-corrected chi connectivity index (χ3v) is 4.50. The fourth-order valence-corrected chi connectivity index (χ4v) is 2.63. The van der Waals surface area contributed by atoms with Crippen LogP contribution in [0.2, 0.25) is 0 Å². The number of carbonyl (C=O) groups excluding carboxylic acids is 1. The zero-order valence-corrected chi connectivity index (χ0v) is 13.6. The van der Waals surface area contributed by atoms with Gasteiger partial charge in [-0.2, -0.15) is 0 Å². The third-order valence-electron chi connectivity index (χ3n) is 3.57. The molecule has 1 aliphatic rings. The Morgan fingerprint density at radius 1 is 1.40 bits per heavy atom. The number of carbonyl (C=O) groups is 1. The van der Waals surface area contributed by atoms with Gasteiger partial charge in [0.15, 0.2) is 0 Å². The molecule has 1 unspecified atom stereocenters. The quantitative estimate of drug-likeness (QED) is 0.606. The smallest absolute Gasteiger partial charge is 0.325 e. The van der Waals surface area contributed by atoms with Gasteiger partial charge in [0.05, 0.1) is 12.9 Å². The van der Waals surface area contributed by atoms with Gasteiger partial charge in [0.2, 0.25) is 0 Å². The maximum absolute atomic E-state index is 11.9. The van der Waals surface area contributed by atoms with Crippen LogP contribution in [0.4, 0.5) is 0 Å². The Labute approximate surface area is 121 Å². The van der Waals surface area contributed by atoms with Crippen molar-refractivity contribution < 1.29 is 17.9 Å². The number of esters is 1. The number of nitrogens with zero attached hydrogens (tertiary/aromatic N) is 1. The first-order chi connectivity index (χ1) is 9.16. The zero-order chi connectivity index (χ0) is 15.4. The number of ether oxygens (including phenoxy) is 1. The molecule has 0 saturated heterocycles. The molecule has 7 heteroatoms. The molecule has 1 aliphatic carbocycles. The van der Waals surface area contributed by atoms with Crippen molar-refractivity contribution in [2.45, 2.75) is 37.8 Å². The van der Waals surface area contributed by atoms with Crippen LogP contribution in [0, 0.1) is 0 Å². The number of methoxy groups -OCH3 is 1. The van der Waals surface area contributed by atoms with Gasteiger partial charge in [0.1, 0.15) is 15.4 Å². The third kappa shape index (κ3) is 6.19. The zero-order valence-electron chi connectivity index (χ0n) is 12.8. The van der Waals surface area contributed by atoms with E-state index in [1.165, 1.54) is 13.4 Å². The van der Waals surface area contributed by atoms with Gasteiger partial charge in [-0.3, -0.25) is 10.1 Å². The van der Waals surface area contributed by atoms with E-state index in [0.29, 0.717) is 25.6 Å². The van der Waals surface area contributed by atoms with Gasteiger partial charge < -0.3 is 9.64 Å². The van der Waals surface area contributed by atoms with E-state index in [0.717, 1.165) is 12.8 Å². The molecule has 0 spiro atoms. The lowest BCUT2D eigenvalue weighted by atomic mass is 9.97. The van der Waals surface area contributed by atoms with Crippen molar-refractivity contribution in [1.29, 1.82) is 0 Å². The highest BCUT2D eigenvalue weighted by Gasteiger charge is 2.39. The molecular weight excluding hydrogens is 280 g/mol. The molecule has 1 N–H and O–H groups in total. The van der Waals surface area contributed by atoms with E-state index in [1.807, 2.05) is 18.9 Å². The molecule has 0 aromatic rings. The molecule has 0 amide bonds. The van der Waals surface area contributed by atoms with Crippen molar-refractivity contribution in [3.63, 3.8) is 0 Å². The molecule has 0 aromatic carbocycles. The highest BCUT2D eigenvalue weighted by atomic mass is 32.2. The number of rotatable bonds is 9. The van der Waals surface area contributed by atoms with E-state index in [9.17, 15) is 13.2 Å². The Bertz CT molecular complexity index is 434. The summed E-state index contributed by atoms with van der Waals surface area (Å²) in [7, 11) is 0.301. The summed E-state index contributed by atoms with van der Waals surface area (Å²) in [5, 5.41) is 3.33. The van der Waals surface area contributed by atoms with Crippen LogP contribution >= 0.6 is 0 Å². The molecule has 20 heavy (non-hydrogen) atoms. The van der Waals surface area contributed by atoms with Crippen LogP contribution in [0.25, 0.3) is 0 Å². The predicted molar refractivity (Wildman–Crippen MR) is 78.4 cm³/mol. The summed E-state index contributed by atoms with van der Waals surface area (Å²) in [6.07, 6.45) is 4.01. The van der Waals surface area contributed by atoms with Crippen molar-refractivity contribution in [2.75, 3.05) is 39.3 Å². The molecule has 0 aromatic heterocycles. The Morgan fingerprint density at radius 2 is 2.00 bits per heavy atom. The monoisotopic (exact) mass is 306 g/mol. The van der Waals surface area contributed by atoms with E-state index < -0.39 is 15.4 Å². The first-order valence-corrected chi connectivity index (χ1v) is 8.95. The lowest BCUT2D eigenvalue weighted by Gasteiger charge is -2.30. The molecule has 118 valence electrons. The van der Waals surface area contributed by atoms with Crippen LogP contribution in [-0.2, 0) is 19.4 Å².